The van der Waals surface area contributed by atoms with Gasteiger partial charge in [0.1, 0.15) is 7.05 Å². The molecule has 3 aromatic rings. The third-order valence-electron chi connectivity index (χ3n) is 5.13. The van der Waals surface area contributed by atoms with E-state index in [9.17, 15) is 0 Å². The lowest BCUT2D eigenvalue weighted by molar-refractivity contribution is -0.660. The van der Waals surface area contributed by atoms with E-state index < -0.39 is 0 Å². The SMILES string of the molecule is Cc1ccncc1-c1cc(-c2c(C(C)C)cccc2C(C)C)cc[n+]1C. The van der Waals surface area contributed by atoms with E-state index >= 15 is 0 Å². The second-order valence-corrected chi connectivity index (χ2v) is 7.72. The molecule has 0 unspecified atom stereocenters. The largest absolute Gasteiger partial charge is 0.264 e. The van der Waals surface area contributed by atoms with Crippen LogP contribution in [0.15, 0.2) is 55.0 Å². The Kier molecular flexibility index (Phi) is 5.22. The molecule has 2 aromatic heterocycles. The van der Waals surface area contributed by atoms with E-state index in [-0.39, 0.29) is 0 Å². The molecule has 0 saturated heterocycles. The molecule has 0 atom stereocenters. The van der Waals surface area contributed by atoms with E-state index in [1.165, 1.54) is 39.1 Å². The third kappa shape index (κ3) is 3.41. The predicted molar refractivity (Wildman–Crippen MR) is 109 cm³/mol. The van der Waals surface area contributed by atoms with Crippen LogP contribution in [0.1, 0.15) is 56.2 Å². The first-order valence-electron chi connectivity index (χ1n) is 9.44. The van der Waals surface area contributed by atoms with Gasteiger partial charge in [-0.1, -0.05) is 45.9 Å². The van der Waals surface area contributed by atoms with Crippen LogP contribution in [0.3, 0.4) is 0 Å². The zero-order chi connectivity index (χ0) is 18.8. The molecule has 0 amide bonds. The van der Waals surface area contributed by atoms with Crippen molar-refractivity contribution in [2.24, 2.45) is 7.05 Å². The molecule has 0 fully saturated rings. The number of aryl methyl sites for hydroxylation is 2. The first kappa shape index (κ1) is 18.3. The van der Waals surface area contributed by atoms with Crippen LogP contribution in [-0.2, 0) is 7.05 Å². The maximum absolute atomic E-state index is 4.34. The number of hydrogen-bond acceptors (Lipinski definition) is 1. The molecule has 0 aliphatic rings. The number of rotatable bonds is 4. The van der Waals surface area contributed by atoms with Gasteiger partial charge in [-0.2, -0.15) is 0 Å². The second kappa shape index (κ2) is 7.41. The molecule has 0 saturated carbocycles. The molecule has 2 nitrogen and oxygen atoms in total. The maximum atomic E-state index is 4.34. The zero-order valence-corrected chi connectivity index (χ0v) is 16.7. The Morgan fingerprint density at radius 1 is 0.923 bits per heavy atom. The van der Waals surface area contributed by atoms with Crippen LogP contribution in [0.5, 0.6) is 0 Å². The molecule has 2 heterocycles. The van der Waals surface area contributed by atoms with Gasteiger partial charge >= 0.3 is 0 Å². The maximum Gasteiger partial charge on any atom is 0.214 e. The van der Waals surface area contributed by atoms with Gasteiger partial charge < -0.3 is 0 Å². The highest BCUT2D eigenvalue weighted by Crippen LogP contribution is 2.37. The quantitative estimate of drug-likeness (QED) is 0.546. The highest BCUT2D eigenvalue weighted by atomic mass is 14.9. The molecule has 2 heteroatoms. The van der Waals surface area contributed by atoms with E-state index in [1.807, 2.05) is 12.4 Å². The van der Waals surface area contributed by atoms with Gasteiger partial charge in [0.05, 0.1) is 5.56 Å². The topological polar surface area (TPSA) is 16.8 Å². The van der Waals surface area contributed by atoms with Crippen LogP contribution >= 0.6 is 0 Å². The van der Waals surface area contributed by atoms with Crippen molar-refractivity contribution in [3.63, 3.8) is 0 Å². The summed E-state index contributed by atoms with van der Waals surface area (Å²) in [6.07, 6.45) is 5.98. The fourth-order valence-corrected chi connectivity index (χ4v) is 3.61. The van der Waals surface area contributed by atoms with E-state index in [1.54, 1.807) is 0 Å². The van der Waals surface area contributed by atoms with E-state index in [4.69, 9.17) is 0 Å². The molecule has 0 radical (unpaired) electrons. The summed E-state index contributed by atoms with van der Waals surface area (Å²) in [5, 5.41) is 0. The zero-order valence-electron chi connectivity index (χ0n) is 16.7. The van der Waals surface area contributed by atoms with Crippen LogP contribution in [0, 0.1) is 6.92 Å². The van der Waals surface area contributed by atoms with Gasteiger partial charge in [0.2, 0.25) is 5.69 Å². The number of aromatic nitrogens is 2. The molecule has 0 spiro atoms. The summed E-state index contributed by atoms with van der Waals surface area (Å²) >= 11 is 0. The summed E-state index contributed by atoms with van der Waals surface area (Å²) in [7, 11) is 2.10. The Bertz CT molecular complexity index is 897. The van der Waals surface area contributed by atoms with Crippen LogP contribution < -0.4 is 4.57 Å². The molecule has 0 N–H and O–H groups in total. The average Bonchev–Trinajstić information content (AvgIpc) is 2.62. The number of nitrogens with zero attached hydrogens (tertiary/aromatic N) is 2. The van der Waals surface area contributed by atoms with Gasteiger partial charge in [0.15, 0.2) is 6.20 Å². The van der Waals surface area contributed by atoms with Crippen molar-refractivity contribution in [1.82, 2.24) is 4.98 Å². The van der Waals surface area contributed by atoms with Gasteiger partial charge in [0.25, 0.3) is 0 Å². The molecule has 3 rings (SSSR count). The average molecular weight is 346 g/mol. The lowest BCUT2D eigenvalue weighted by atomic mass is 9.85. The van der Waals surface area contributed by atoms with Gasteiger partial charge in [-0.05, 0) is 52.6 Å². The first-order valence-corrected chi connectivity index (χ1v) is 9.44. The van der Waals surface area contributed by atoms with Crippen LogP contribution in [0.25, 0.3) is 22.4 Å². The summed E-state index contributed by atoms with van der Waals surface area (Å²) in [4.78, 5) is 4.34. The Hall–Kier alpha value is -2.48. The van der Waals surface area contributed by atoms with Crippen LogP contribution in [-0.4, -0.2) is 4.98 Å². The standard InChI is InChI=1S/C24H29N2/c1-16(2)20-8-7-9-21(17(3)4)24(20)19-11-13-26(6)23(14-19)22-15-25-12-10-18(22)5/h7-17H,1-6H3/q+1. The summed E-state index contributed by atoms with van der Waals surface area (Å²) in [6.45, 7) is 11.2. The smallest absolute Gasteiger partial charge is 0.214 e. The van der Waals surface area contributed by atoms with Crippen molar-refractivity contribution in [3.8, 4) is 22.4 Å². The summed E-state index contributed by atoms with van der Waals surface area (Å²) in [6, 6.07) is 13.4. The molecule has 0 aliphatic heterocycles. The minimum Gasteiger partial charge on any atom is -0.264 e. The lowest BCUT2D eigenvalue weighted by Crippen LogP contribution is -2.30. The molecule has 0 bridgehead atoms. The van der Waals surface area contributed by atoms with E-state index in [0.29, 0.717) is 11.8 Å². The summed E-state index contributed by atoms with van der Waals surface area (Å²) in [5.41, 5.74) is 9.13. The van der Waals surface area contributed by atoms with Gasteiger partial charge in [-0.15, -0.1) is 0 Å². The Morgan fingerprint density at radius 2 is 1.58 bits per heavy atom. The minimum absolute atomic E-state index is 0.487. The van der Waals surface area contributed by atoms with Crippen molar-refractivity contribution in [1.29, 1.82) is 0 Å². The van der Waals surface area contributed by atoms with Crippen molar-refractivity contribution in [3.05, 3.63) is 71.7 Å². The highest BCUT2D eigenvalue weighted by Gasteiger charge is 2.19. The summed E-state index contributed by atoms with van der Waals surface area (Å²) < 4.78 is 2.18. The van der Waals surface area contributed by atoms with Crippen molar-refractivity contribution in [2.75, 3.05) is 0 Å². The van der Waals surface area contributed by atoms with Crippen molar-refractivity contribution < 1.29 is 4.57 Å². The van der Waals surface area contributed by atoms with Gasteiger partial charge in [-0.25, -0.2) is 4.57 Å². The molecule has 1 aromatic carbocycles. The fraction of sp³-hybridized carbons (Fsp3) is 0.333. The second-order valence-electron chi connectivity index (χ2n) is 7.72. The van der Waals surface area contributed by atoms with Crippen molar-refractivity contribution >= 4 is 0 Å². The van der Waals surface area contributed by atoms with Gasteiger partial charge in [-0.3, -0.25) is 4.98 Å². The molecule has 134 valence electrons. The monoisotopic (exact) mass is 345 g/mol. The Morgan fingerprint density at radius 3 is 2.15 bits per heavy atom. The third-order valence-corrected chi connectivity index (χ3v) is 5.13. The van der Waals surface area contributed by atoms with E-state index in [2.05, 4.69) is 93.8 Å². The minimum atomic E-state index is 0.487. The molecule has 26 heavy (non-hydrogen) atoms. The van der Waals surface area contributed by atoms with Crippen molar-refractivity contribution in [2.45, 2.75) is 46.5 Å². The normalized spacial score (nSPS) is 11.4. The first-order chi connectivity index (χ1) is 12.4. The van der Waals surface area contributed by atoms with Crippen LogP contribution in [0.2, 0.25) is 0 Å². The lowest BCUT2D eigenvalue weighted by Gasteiger charge is -2.20. The predicted octanol–water partition coefficient (Wildman–Crippen LogP) is 5.80. The van der Waals surface area contributed by atoms with E-state index in [0.717, 1.165) is 0 Å². The Labute approximate surface area is 157 Å². The number of hydrogen-bond donors (Lipinski definition) is 0. The number of pyridine rings is 2. The molecule has 0 aliphatic carbocycles. The molecular weight excluding hydrogens is 316 g/mol. The highest BCUT2D eigenvalue weighted by molar-refractivity contribution is 5.75. The number of benzene rings is 1. The van der Waals surface area contributed by atoms with Gasteiger partial charge in [0, 0.05) is 24.5 Å². The fourth-order valence-electron chi connectivity index (χ4n) is 3.61. The molecular formula is C24H29N2+. The van der Waals surface area contributed by atoms with Crippen LogP contribution in [0.4, 0.5) is 0 Å². The Balaban J connectivity index is 2.27. The summed E-state index contributed by atoms with van der Waals surface area (Å²) in [5.74, 6) is 0.975.